The molecule has 7 heteroatoms. The first kappa shape index (κ1) is 18.0. The zero-order chi connectivity index (χ0) is 20.5. The molecule has 30 heavy (non-hydrogen) atoms. The van der Waals surface area contributed by atoms with E-state index in [0.717, 1.165) is 42.6 Å². The van der Waals surface area contributed by atoms with E-state index in [-0.39, 0.29) is 47.4 Å². The molecule has 1 saturated carbocycles. The molecule has 7 nitrogen and oxygen atoms in total. The van der Waals surface area contributed by atoms with Gasteiger partial charge in [-0.15, -0.1) is 0 Å². The number of aromatic hydroxyl groups is 2. The van der Waals surface area contributed by atoms with Crippen molar-refractivity contribution in [1.82, 2.24) is 15.6 Å². The number of hydrogen-bond donors (Lipinski definition) is 4. The van der Waals surface area contributed by atoms with Crippen molar-refractivity contribution in [2.75, 3.05) is 6.54 Å². The summed E-state index contributed by atoms with van der Waals surface area (Å²) in [7, 11) is 0. The fraction of sp³-hybridized carbons (Fsp3) is 0.478. The summed E-state index contributed by atoms with van der Waals surface area (Å²) in [5.74, 6) is 0.858. The van der Waals surface area contributed by atoms with Gasteiger partial charge < -0.3 is 25.6 Å². The van der Waals surface area contributed by atoms with E-state index in [2.05, 4.69) is 15.6 Å². The second-order valence-corrected chi connectivity index (χ2v) is 9.05. The average molecular weight is 407 g/mol. The predicted octanol–water partition coefficient (Wildman–Crippen LogP) is 1.55. The van der Waals surface area contributed by atoms with Crippen molar-refractivity contribution >= 4 is 5.91 Å². The molecule has 5 atom stereocenters. The second kappa shape index (κ2) is 6.35. The summed E-state index contributed by atoms with van der Waals surface area (Å²) in [5, 5.41) is 27.7. The van der Waals surface area contributed by atoms with Crippen molar-refractivity contribution in [1.29, 1.82) is 0 Å². The molecule has 4 N–H and O–H groups in total. The maximum absolute atomic E-state index is 12.8. The number of piperidine rings is 1. The summed E-state index contributed by atoms with van der Waals surface area (Å²) >= 11 is 0. The maximum Gasteiger partial charge on any atom is 0.226 e. The van der Waals surface area contributed by atoms with Crippen LogP contribution in [0, 0.1) is 5.92 Å². The van der Waals surface area contributed by atoms with Gasteiger partial charge in [0.25, 0.3) is 0 Å². The smallest absolute Gasteiger partial charge is 0.226 e. The van der Waals surface area contributed by atoms with Crippen LogP contribution in [0.1, 0.15) is 36.1 Å². The second-order valence-electron chi connectivity index (χ2n) is 9.05. The first-order valence-corrected chi connectivity index (χ1v) is 10.8. The van der Waals surface area contributed by atoms with Gasteiger partial charge in [-0.2, -0.15) is 0 Å². The third-order valence-electron chi connectivity index (χ3n) is 7.66. The van der Waals surface area contributed by atoms with Crippen LogP contribution in [0.2, 0.25) is 0 Å². The van der Waals surface area contributed by atoms with Gasteiger partial charge in [0.2, 0.25) is 5.91 Å². The molecule has 1 aromatic heterocycles. The summed E-state index contributed by atoms with van der Waals surface area (Å²) in [4.78, 5) is 17.0. The minimum absolute atomic E-state index is 0.0224. The lowest BCUT2D eigenvalue weighted by molar-refractivity contribution is -0.123. The lowest BCUT2D eigenvalue weighted by Crippen LogP contribution is -2.68. The van der Waals surface area contributed by atoms with Crippen molar-refractivity contribution < 1.29 is 19.7 Å². The SMILES string of the molecule is O=C(Cc1ccccn1)N[C@@H]1CC[C@H]2[C@H]3Cc4c(O)c(O)cc5c4[C@@]2(CCN3)[C@H]1O5. The molecule has 1 saturated heterocycles. The van der Waals surface area contributed by atoms with Gasteiger partial charge in [0, 0.05) is 40.5 Å². The van der Waals surface area contributed by atoms with Crippen molar-refractivity contribution in [2.24, 2.45) is 5.92 Å². The molecule has 2 aliphatic heterocycles. The molecule has 2 aromatic rings. The Hall–Kier alpha value is -2.80. The predicted molar refractivity (Wildman–Crippen MR) is 109 cm³/mol. The molecule has 1 spiro atoms. The van der Waals surface area contributed by atoms with Gasteiger partial charge in [0.1, 0.15) is 11.9 Å². The average Bonchev–Trinajstić information content (AvgIpc) is 3.04. The van der Waals surface area contributed by atoms with Gasteiger partial charge >= 0.3 is 0 Å². The Balaban J connectivity index is 1.36. The fourth-order valence-corrected chi connectivity index (χ4v) is 6.60. The van der Waals surface area contributed by atoms with Gasteiger partial charge in [0.15, 0.2) is 11.5 Å². The van der Waals surface area contributed by atoms with E-state index in [1.165, 1.54) is 0 Å². The van der Waals surface area contributed by atoms with E-state index < -0.39 is 0 Å². The molecule has 2 fully saturated rings. The number of ether oxygens (including phenoxy) is 1. The monoisotopic (exact) mass is 407 g/mol. The van der Waals surface area contributed by atoms with Crippen molar-refractivity contribution in [3.05, 3.63) is 47.3 Å². The highest BCUT2D eigenvalue weighted by atomic mass is 16.5. The fourth-order valence-electron chi connectivity index (χ4n) is 6.60. The number of phenols is 2. The first-order chi connectivity index (χ1) is 14.6. The molecule has 6 rings (SSSR count). The molecule has 0 unspecified atom stereocenters. The van der Waals surface area contributed by atoms with Crippen LogP contribution in [0.4, 0.5) is 0 Å². The van der Waals surface area contributed by atoms with E-state index >= 15 is 0 Å². The van der Waals surface area contributed by atoms with Crippen molar-refractivity contribution in [3.63, 3.8) is 0 Å². The Morgan fingerprint density at radius 3 is 3.07 bits per heavy atom. The number of aromatic nitrogens is 1. The number of rotatable bonds is 3. The lowest BCUT2D eigenvalue weighted by atomic mass is 9.51. The van der Waals surface area contributed by atoms with Crippen LogP contribution >= 0.6 is 0 Å². The van der Waals surface area contributed by atoms with Crippen LogP contribution in [0.5, 0.6) is 17.2 Å². The Morgan fingerprint density at radius 1 is 1.33 bits per heavy atom. The number of nitrogens with one attached hydrogen (secondary N) is 2. The zero-order valence-corrected chi connectivity index (χ0v) is 16.6. The zero-order valence-electron chi connectivity index (χ0n) is 16.6. The van der Waals surface area contributed by atoms with Gasteiger partial charge in [-0.05, 0) is 50.3 Å². The van der Waals surface area contributed by atoms with E-state index in [1.54, 1.807) is 12.3 Å². The number of hydrogen-bond acceptors (Lipinski definition) is 6. The van der Waals surface area contributed by atoms with Crippen LogP contribution < -0.4 is 15.4 Å². The normalized spacial score (nSPS) is 32.8. The van der Waals surface area contributed by atoms with E-state index in [1.807, 2.05) is 18.2 Å². The van der Waals surface area contributed by atoms with E-state index in [4.69, 9.17) is 4.74 Å². The van der Waals surface area contributed by atoms with Crippen LogP contribution in [-0.2, 0) is 23.1 Å². The van der Waals surface area contributed by atoms with E-state index in [0.29, 0.717) is 18.1 Å². The summed E-state index contributed by atoms with van der Waals surface area (Å²) in [6.07, 6.45) is 5.18. The third-order valence-corrected chi connectivity index (χ3v) is 7.66. The van der Waals surface area contributed by atoms with Crippen LogP contribution in [-0.4, -0.2) is 45.8 Å². The summed E-state index contributed by atoms with van der Waals surface area (Å²) in [5.41, 5.74) is 2.38. The van der Waals surface area contributed by atoms with Gasteiger partial charge in [-0.1, -0.05) is 6.07 Å². The minimum Gasteiger partial charge on any atom is -0.504 e. The highest BCUT2D eigenvalue weighted by Gasteiger charge is 2.64. The number of amides is 1. The molecule has 3 heterocycles. The third kappa shape index (κ3) is 2.35. The number of nitrogens with zero attached hydrogens (tertiary/aromatic N) is 1. The summed E-state index contributed by atoms with van der Waals surface area (Å²) < 4.78 is 6.45. The molecule has 4 aliphatic rings. The Morgan fingerprint density at radius 2 is 2.23 bits per heavy atom. The Kier molecular flexibility index (Phi) is 3.81. The highest BCUT2D eigenvalue weighted by Crippen LogP contribution is 2.63. The van der Waals surface area contributed by atoms with Gasteiger partial charge in [-0.25, -0.2) is 0 Å². The Bertz CT molecular complexity index is 1030. The number of carbonyl (C=O) groups is 1. The van der Waals surface area contributed by atoms with Crippen molar-refractivity contribution in [3.8, 4) is 17.2 Å². The number of pyridine rings is 1. The standard InChI is InChI=1S/C23H25N3O4/c27-17-11-18-20-13(21(17)29)10-16-14-4-5-15(22(30-18)23(14,20)6-8-25-16)26-19(28)9-12-3-1-2-7-24-12/h1-3,7,11,14-16,22,25,27,29H,4-6,8-10H2,(H,26,28)/t14-,15+,16+,22-,23-/m0/s1. The van der Waals surface area contributed by atoms with Gasteiger partial charge in [0.05, 0.1) is 12.5 Å². The lowest BCUT2D eigenvalue weighted by Gasteiger charge is -2.56. The largest absolute Gasteiger partial charge is 0.504 e. The highest BCUT2D eigenvalue weighted by molar-refractivity contribution is 5.78. The molecule has 1 amide bonds. The molecular formula is C23H25N3O4. The Labute approximate surface area is 174 Å². The number of phenolic OH excluding ortho intramolecular Hbond substituents is 2. The molecule has 2 aliphatic carbocycles. The van der Waals surface area contributed by atoms with Crippen LogP contribution in [0.3, 0.4) is 0 Å². The molecule has 1 aromatic carbocycles. The quantitative estimate of drug-likeness (QED) is 0.576. The summed E-state index contributed by atoms with van der Waals surface area (Å²) in [6.45, 7) is 0.885. The molecule has 2 bridgehead atoms. The number of carbonyl (C=O) groups excluding carboxylic acids is 1. The van der Waals surface area contributed by atoms with Crippen molar-refractivity contribution in [2.45, 2.75) is 55.7 Å². The molecule has 156 valence electrons. The maximum atomic E-state index is 12.8. The molecular weight excluding hydrogens is 382 g/mol. The minimum atomic E-state index is -0.231. The van der Waals surface area contributed by atoms with Crippen LogP contribution in [0.25, 0.3) is 0 Å². The van der Waals surface area contributed by atoms with Crippen LogP contribution in [0.15, 0.2) is 30.5 Å². The summed E-state index contributed by atoms with van der Waals surface area (Å²) in [6, 6.07) is 7.26. The van der Waals surface area contributed by atoms with E-state index in [9.17, 15) is 15.0 Å². The molecule has 0 radical (unpaired) electrons. The van der Waals surface area contributed by atoms with Gasteiger partial charge in [-0.3, -0.25) is 9.78 Å². The number of benzene rings is 1. The first-order valence-electron chi connectivity index (χ1n) is 10.8. The topological polar surface area (TPSA) is 104 Å².